The van der Waals surface area contributed by atoms with Crippen LogP contribution in [0.25, 0.3) is 49.7 Å². The number of hydrogen-bond acceptors (Lipinski definition) is 6. The summed E-state index contributed by atoms with van der Waals surface area (Å²) >= 11 is 1.70. The third-order valence-corrected chi connectivity index (χ3v) is 15.2. The maximum absolute atomic E-state index is 15.7. The summed E-state index contributed by atoms with van der Waals surface area (Å²) in [6.45, 7) is 0. The van der Waals surface area contributed by atoms with Gasteiger partial charge in [-0.15, -0.1) is 0 Å². The second-order valence-corrected chi connectivity index (χ2v) is 19.7. The first-order valence-corrected chi connectivity index (χ1v) is 25.9. The fraction of sp³-hybridized carbons (Fsp3) is 0. The van der Waals surface area contributed by atoms with Gasteiger partial charge in [0.05, 0.1) is 57.0 Å². The van der Waals surface area contributed by atoms with Gasteiger partial charge in [-0.1, -0.05) is 109 Å². The quantitative estimate of drug-likeness (QED) is 0.136. The van der Waals surface area contributed by atoms with Crippen LogP contribution in [0.4, 0.5) is 60.0 Å². The summed E-state index contributed by atoms with van der Waals surface area (Å²) in [6, 6.07) is 87.7. The summed E-state index contributed by atoms with van der Waals surface area (Å²) in [7, 11) is 0. The maximum atomic E-state index is 15.7. The molecule has 1 aliphatic rings. The zero-order chi connectivity index (χ0) is 52.0. The molecule has 0 bridgehead atoms. The fourth-order valence-corrected chi connectivity index (χ4v) is 11.7. The molecule has 1 aliphatic heterocycles. The Morgan fingerprint density at radius 3 is 1.12 bits per heavy atom. The molecule has 0 spiro atoms. The molecule has 0 aliphatic carbocycles. The number of nitrogens with zero attached hydrogens (tertiary/aromatic N) is 6. The van der Waals surface area contributed by atoms with Crippen molar-refractivity contribution >= 4 is 84.8 Å². The number of hydrogen-bond donors (Lipinski definition) is 0. The normalized spacial score (nSPS) is 11.7. The van der Waals surface area contributed by atoms with E-state index in [1.54, 1.807) is 36.0 Å². The minimum atomic E-state index is -0.434. The van der Waals surface area contributed by atoms with Gasteiger partial charge in [0.25, 0.3) is 0 Å². The van der Waals surface area contributed by atoms with Crippen molar-refractivity contribution in [1.29, 1.82) is 10.5 Å². The van der Waals surface area contributed by atoms with Crippen LogP contribution < -0.4 is 14.7 Å². The molecule has 2 heterocycles. The van der Waals surface area contributed by atoms with Crippen LogP contribution in [0.3, 0.4) is 0 Å². The molecule has 11 aromatic carbocycles. The molecule has 0 N–H and O–H groups in total. The van der Waals surface area contributed by atoms with Crippen molar-refractivity contribution in [2.45, 2.75) is 9.79 Å². The number of nitriles is 2. The Hall–Kier alpha value is -10.2. The van der Waals surface area contributed by atoms with Gasteiger partial charge < -0.3 is 19.3 Å². The SMILES string of the molecule is N#Cc1ccc(-c2c(N3c4cc(N(c5ccccc5)c5ccccc5)ccc4Sc4ccc(N(c5ccccc5)c5ccccc5)cc43)ccc(-n3c4cc(F)ccc4c4ccc(F)cc43)c2-c2ccc(C#N)cc2)cc1. The number of halogens is 2. The first kappa shape index (κ1) is 46.6. The monoisotopic (exact) mass is 1010 g/mol. The molecule has 0 amide bonds. The Labute approximate surface area is 448 Å². The number of para-hydroxylation sites is 4. The Kier molecular flexibility index (Phi) is 11.8. The van der Waals surface area contributed by atoms with Crippen LogP contribution in [0.15, 0.2) is 265 Å². The van der Waals surface area contributed by atoms with E-state index >= 15 is 8.78 Å². The number of rotatable bonds is 10. The van der Waals surface area contributed by atoms with E-state index in [9.17, 15) is 10.5 Å². The first-order chi connectivity index (χ1) is 37.9. The van der Waals surface area contributed by atoms with Crippen molar-refractivity contribution < 1.29 is 8.78 Å². The molecule has 9 heteroatoms. The van der Waals surface area contributed by atoms with Crippen LogP contribution in [-0.2, 0) is 0 Å². The van der Waals surface area contributed by atoms with Crippen LogP contribution in [0, 0.1) is 34.3 Å². The third-order valence-electron chi connectivity index (χ3n) is 14.1. The predicted molar refractivity (Wildman–Crippen MR) is 309 cm³/mol. The van der Waals surface area contributed by atoms with Gasteiger partial charge in [0.15, 0.2) is 0 Å². The number of benzene rings is 11. The largest absolute Gasteiger partial charge is 0.310 e. The highest BCUT2D eigenvalue weighted by Crippen LogP contribution is 2.58. The average Bonchev–Trinajstić information content (AvgIpc) is 3.98. The molecular formula is C68H42F2N6S. The number of fused-ring (bicyclic) bond motifs is 5. The van der Waals surface area contributed by atoms with Gasteiger partial charge in [-0.2, -0.15) is 10.5 Å². The highest BCUT2D eigenvalue weighted by molar-refractivity contribution is 7.99. The van der Waals surface area contributed by atoms with Crippen molar-refractivity contribution in [2.24, 2.45) is 0 Å². The van der Waals surface area contributed by atoms with Crippen molar-refractivity contribution in [3.63, 3.8) is 0 Å². The van der Waals surface area contributed by atoms with Crippen molar-refractivity contribution in [3.8, 4) is 40.1 Å². The van der Waals surface area contributed by atoms with Crippen molar-refractivity contribution in [1.82, 2.24) is 4.57 Å². The molecule has 0 fully saturated rings. The summed E-state index contributed by atoms with van der Waals surface area (Å²) in [6.07, 6.45) is 0. The van der Waals surface area contributed by atoms with Gasteiger partial charge in [0.1, 0.15) is 11.6 Å². The predicted octanol–water partition coefficient (Wildman–Crippen LogP) is 19.0. The van der Waals surface area contributed by atoms with Crippen LogP contribution in [0.2, 0.25) is 0 Å². The molecule has 0 atom stereocenters. The topological polar surface area (TPSA) is 62.2 Å². The van der Waals surface area contributed by atoms with Gasteiger partial charge in [-0.05, 0) is 169 Å². The summed E-state index contributed by atoms with van der Waals surface area (Å²) in [5, 5.41) is 21.8. The van der Waals surface area contributed by atoms with E-state index in [0.717, 1.165) is 94.0 Å². The fourth-order valence-electron chi connectivity index (χ4n) is 10.7. The van der Waals surface area contributed by atoms with Gasteiger partial charge in [-0.3, -0.25) is 0 Å². The molecule has 6 nitrogen and oxygen atoms in total. The Balaban J connectivity index is 1.16. The molecule has 12 aromatic rings. The van der Waals surface area contributed by atoms with E-state index in [2.05, 4.69) is 118 Å². The lowest BCUT2D eigenvalue weighted by Gasteiger charge is -2.37. The van der Waals surface area contributed by atoms with E-state index in [0.29, 0.717) is 27.8 Å². The van der Waals surface area contributed by atoms with Crippen LogP contribution in [0.1, 0.15) is 11.1 Å². The van der Waals surface area contributed by atoms with Gasteiger partial charge >= 0.3 is 0 Å². The van der Waals surface area contributed by atoms with E-state index in [-0.39, 0.29) is 0 Å². The third kappa shape index (κ3) is 8.38. The summed E-state index contributed by atoms with van der Waals surface area (Å²) < 4.78 is 33.4. The summed E-state index contributed by atoms with van der Waals surface area (Å²) in [5.74, 6) is -0.867. The Morgan fingerprint density at radius 1 is 0.351 bits per heavy atom. The smallest absolute Gasteiger partial charge is 0.125 e. The van der Waals surface area contributed by atoms with Gasteiger partial charge in [-0.25, -0.2) is 8.78 Å². The number of aromatic nitrogens is 1. The molecule has 77 heavy (non-hydrogen) atoms. The first-order valence-electron chi connectivity index (χ1n) is 25.1. The number of anilines is 9. The summed E-state index contributed by atoms with van der Waals surface area (Å²) in [5.41, 5.74) is 14.2. The van der Waals surface area contributed by atoms with E-state index in [1.165, 1.54) is 24.3 Å². The van der Waals surface area contributed by atoms with Gasteiger partial charge in [0.2, 0.25) is 0 Å². The average molecular weight is 1010 g/mol. The lowest BCUT2D eigenvalue weighted by molar-refractivity contribution is 0.629. The van der Waals surface area contributed by atoms with Crippen LogP contribution in [0.5, 0.6) is 0 Å². The van der Waals surface area contributed by atoms with E-state index in [1.807, 2.05) is 120 Å². The van der Waals surface area contributed by atoms with Crippen molar-refractivity contribution in [3.05, 3.63) is 278 Å². The lowest BCUT2D eigenvalue weighted by atomic mass is 9.89. The van der Waals surface area contributed by atoms with E-state index < -0.39 is 11.6 Å². The molecular weight excluding hydrogens is 971 g/mol. The highest BCUT2D eigenvalue weighted by Gasteiger charge is 2.32. The molecule has 364 valence electrons. The highest BCUT2D eigenvalue weighted by atomic mass is 32.2. The van der Waals surface area contributed by atoms with E-state index in [4.69, 9.17) is 0 Å². The Bertz CT molecular complexity index is 4020. The lowest BCUT2D eigenvalue weighted by Crippen LogP contribution is -2.19. The zero-order valence-corrected chi connectivity index (χ0v) is 41.9. The van der Waals surface area contributed by atoms with Crippen LogP contribution in [-0.4, -0.2) is 4.57 Å². The summed E-state index contributed by atoms with van der Waals surface area (Å²) in [4.78, 5) is 8.89. The molecule has 13 rings (SSSR count). The molecule has 0 saturated carbocycles. The molecule has 1 aromatic heterocycles. The molecule has 0 unspecified atom stereocenters. The van der Waals surface area contributed by atoms with Crippen LogP contribution >= 0.6 is 11.8 Å². The van der Waals surface area contributed by atoms with Crippen molar-refractivity contribution in [2.75, 3.05) is 14.7 Å². The standard InChI is InChI=1S/C68H42F2N6S/c69-49-29-33-57-58-34-30-50(70)40-62(58)75(61(57)39-49)59-35-36-60(68(48-27-23-46(44-72)24-28-48)67(59)47-25-21-45(43-71)22-26-47)76-63-41-55(73(51-13-5-1-6-14-51)52-15-7-2-8-16-52)31-37-65(63)77-66-38-32-56(42-64(66)76)74(53-17-9-3-10-18-53)54-19-11-4-12-20-54/h1-42H. The molecule has 0 radical (unpaired) electrons. The van der Waals surface area contributed by atoms with Gasteiger partial charge in [0, 0.05) is 65.8 Å². The minimum absolute atomic E-state index is 0.434. The molecule has 0 saturated heterocycles. The minimum Gasteiger partial charge on any atom is -0.310 e. The second kappa shape index (κ2) is 19.6. The zero-order valence-electron chi connectivity index (χ0n) is 41.1. The Morgan fingerprint density at radius 2 is 0.727 bits per heavy atom. The maximum Gasteiger partial charge on any atom is 0.125 e. The second-order valence-electron chi connectivity index (χ2n) is 18.6.